The molecule has 5 heteroatoms. The Labute approximate surface area is 83.3 Å². The van der Waals surface area contributed by atoms with Crippen molar-refractivity contribution >= 4 is 0 Å². The van der Waals surface area contributed by atoms with E-state index >= 15 is 0 Å². The van der Waals surface area contributed by atoms with Crippen molar-refractivity contribution in [1.82, 2.24) is 4.90 Å². The number of hydrogen-bond donors (Lipinski definition) is 1. The van der Waals surface area contributed by atoms with Gasteiger partial charge in [-0.1, -0.05) is 13.8 Å². The largest absolute Gasteiger partial charge is 0.401 e. The second-order valence-electron chi connectivity index (χ2n) is 3.34. The van der Waals surface area contributed by atoms with Gasteiger partial charge in [-0.15, -0.1) is 0 Å². The van der Waals surface area contributed by atoms with E-state index in [4.69, 9.17) is 5.73 Å². The van der Waals surface area contributed by atoms with Crippen LogP contribution in [-0.2, 0) is 0 Å². The van der Waals surface area contributed by atoms with E-state index in [0.717, 1.165) is 12.8 Å². The average Bonchev–Trinajstić information content (AvgIpc) is 2.04. The highest BCUT2D eigenvalue weighted by Gasteiger charge is 2.32. The van der Waals surface area contributed by atoms with Gasteiger partial charge in [0.25, 0.3) is 0 Å². The summed E-state index contributed by atoms with van der Waals surface area (Å²) in [6.07, 6.45) is -2.67. The number of nitrogens with zero attached hydrogens (tertiary/aromatic N) is 1. The summed E-state index contributed by atoms with van der Waals surface area (Å²) < 4.78 is 36.5. The van der Waals surface area contributed by atoms with Crippen LogP contribution < -0.4 is 5.73 Å². The molecule has 0 aliphatic carbocycles. The fraction of sp³-hybridized carbons (Fsp3) is 1.00. The topological polar surface area (TPSA) is 29.3 Å². The molecule has 0 unspecified atom stereocenters. The summed E-state index contributed by atoms with van der Waals surface area (Å²) in [6.45, 7) is 3.52. The summed E-state index contributed by atoms with van der Waals surface area (Å²) in [5, 5.41) is 0. The van der Waals surface area contributed by atoms with Gasteiger partial charge in [0.05, 0.1) is 6.54 Å². The third kappa shape index (κ3) is 5.44. The van der Waals surface area contributed by atoms with Gasteiger partial charge in [-0.3, -0.25) is 4.90 Å². The zero-order valence-electron chi connectivity index (χ0n) is 8.77. The van der Waals surface area contributed by atoms with Crippen molar-refractivity contribution in [1.29, 1.82) is 0 Å². The smallest absolute Gasteiger partial charge is 0.329 e. The molecule has 0 heterocycles. The van der Waals surface area contributed by atoms with E-state index in [9.17, 15) is 13.2 Å². The molecule has 0 aliphatic heterocycles. The molecule has 0 aromatic carbocycles. The molecule has 0 aromatic rings. The first-order valence-corrected chi connectivity index (χ1v) is 4.95. The van der Waals surface area contributed by atoms with Gasteiger partial charge in [-0.05, 0) is 12.8 Å². The average molecular weight is 212 g/mol. The fourth-order valence-corrected chi connectivity index (χ4v) is 1.59. The Morgan fingerprint density at radius 1 is 1.21 bits per heavy atom. The molecular formula is C9H19F3N2. The van der Waals surface area contributed by atoms with Gasteiger partial charge in [0, 0.05) is 19.1 Å². The normalized spacial score (nSPS) is 12.9. The van der Waals surface area contributed by atoms with Crippen molar-refractivity contribution in [3.8, 4) is 0 Å². The van der Waals surface area contributed by atoms with Crippen molar-refractivity contribution in [2.24, 2.45) is 5.73 Å². The summed E-state index contributed by atoms with van der Waals surface area (Å²) in [7, 11) is 0. The van der Waals surface area contributed by atoms with E-state index in [0.29, 0.717) is 6.54 Å². The third-order valence-electron chi connectivity index (χ3n) is 2.26. The second kappa shape index (κ2) is 6.24. The van der Waals surface area contributed by atoms with Crippen LogP contribution in [0.5, 0.6) is 0 Å². The maximum atomic E-state index is 12.2. The fourth-order valence-electron chi connectivity index (χ4n) is 1.59. The molecule has 0 saturated heterocycles. The first-order chi connectivity index (χ1) is 6.44. The summed E-state index contributed by atoms with van der Waals surface area (Å²) in [5.41, 5.74) is 5.29. The molecule has 0 rings (SSSR count). The number of nitrogens with two attached hydrogens (primary N) is 1. The second-order valence-corrected chi connectivity index (χ2v) is 3.34. The molecule has 86 valence electrons. The van der Waals surface area contributed by atoms with E-state index < -0.39 is 12.7 Å². The highest BCUT2D eigenvalue weighted by molar-refractivity contribution is 4.72. The van der Waals surface area contributed by atoms with E-state index in [1.165, 1.54) is 4.90 Å². The Morgan fingerprint density at radius 3 is 2.00 bits per heavy atom. The lowest BCUT2D eigenvalue weighted by molar-refractivity contribution is -0.150. The van der Waals surface area contributed by atoms with Crippen molar-refractivity contribution in [2.75, 3.05) is 19.6 Å². The van der Waals surface area contributed by atoms with Gasteiger partial charge < -0.3 is 5.73 Å². The Hall–Kier alpha value is -0.290. The summed E-state index contributed by atoms with van der Waals surface area (Å²) >= 11 is 0. The maximum absolute atomic E-state index is 12.2. The molecule has 0 saturated carbocycles. The molecule has 0 radical (unpaired) electrons. The van der Waals surface area contributed by atoms with Gasteiger partial charge >= 0.3 is 6.18 Å². The van der Waals surface area contributed by atoms with Crippen molar-refractivity contribution in [3.63, 3.8) is 0 Å². The molecule has 0 amide bonds. The van der Waals surface area contributed by atoms with Crippen LogP contribution in [0.2, 0.25) is 0 Å². The summed E-state index contributed by atoms with van der Waals surface area (Å²) in [5.74, 6) is 0. The molecule has 14 heavy (non-hydrogen) atoms. The van der Waals surface area contributed by atoms with Crippen LogP contribution in [0.25, 0.3) is 0 Å². The lowest BCUT2D eigenvalue weighted by Gasteiger charge is -2.30. The zero-order chi connectivity index (χ0) is 11.2. The monoisotopic (exact) mass is 212 g/mol. The Kier molecular flexibility index (Phi) is 6.11. The highest BCUT2D eigenvalue weighted by Crippen LogP contribution is 2.19. The van der Waals surface area contributed by atoms with Gasteiger partial charge in [0.15, 0.2) is 0 Å². The van der Waals surface area contributed by atoms with Crippen LogP contribution in [0.3, 0.4) is 0 Å². The third-order valence-corrected chi connectivity index (χ3v) is 2.26. The molecule has 2 N–H and O–H groups in total. The Balaban J connectivity index is 4.26. The Bertz CT molecular complexity index is 143. The Morgan fingerprint density at radius 2 is 1.71 bits per heavy atom. The first kappa shape index (κ1) is 13.7. The van der Waals surface area contributed by atoms with Crippen LogP contribution in [0, 0.1) is 0 Å². The van der Waals surface area contributed by atoms with Crippen LogP contribution in [0.15, 0.2) is 0 Å². The number of hydrogen-bond acceptors (Lipinski definition) is 2. The predicted octanol–water partition coefficient (Wildman–Crippen LogP) is 2.00. The van der Waals surface area contributed by atoms with Crippen LogP contribution in [-0.4, -0.2) is 36.8 Å². The molecule has 0 fully saturated rings. The van der Waals surface area contributed by atoms with E-state index in [1.807, 2.05) is 13.8 Å². The minimum atomic E-state index is -4.13. The number of rotatable bonds is 6. The highest BCUT2D eigenvalue weighted by atomic mass is 19.4. The quantitative estimate of drug-likeness (QED) is 0.729. The standard InChI is InChI=1S/C9H19F3N2/c1-3-8(4-2)14(6-5-13)7-9(10,11)12/h8H,3-7,13H2,1-2H3. The van der Waals surface area contributed by atoms with Crippen LogP contribution in [0.4, 0.5) is 13.2 Å². The molecule has 0 aromatic heterocycles. The molecule has 0 aliphatic rings. The summed E-state index contributed by atoms with van der Waals surface area (Å²) in [4.78, 5) is 1.42. The van der Waals surface area contributed by atoms with Gasteiger partial charge in [-0.25, -0.2) is 0 Å². The molecule has 2 nitrogen and oxygen atoms in total. The molecule has 0 atom stereocenters. The minimum Gasteiger partial charge on any atom is -0.329 e. The zero-order valence-corrected chi connectivity index (χ0v) is 8.77. The molecule has 0 spiro atoms. The van der Waals surface area contributed by atoms with Crippen LogP contribution in [0.1, 0.15) is 26.7 Å². The van der Waals surface area contributed by atoms with Crippen molar-refractivity contribution in [2.45, 2.75) is 38.9 Å². The van der Waals surface area contributed by atoms with E-state index in [1.54, 1.807) is 0 Å². The maximum Gasteiger partial charge on any atom is 0.401 e. The summed E-state index contributed by atoms with van der Waals surface area (Å²) in [6, 6.07) is -0.0137. The van der Waals surface area contributed by atoms with Crippen molar-refractivity contribution in [3.05, 3.63) is 0 Å². The first-order valence-electron chi connectivity index (χ1n) is 4.95. The van der Waals surface area contributed by atoms with E-state index in [2.05, 4.69) is 0 Å². The van der Waals surface area contributed by atoms with Gasteiger partial charge in [0.1, 0.15) is 0 Å². The number of alkyl halides is 3. The van der Waals surface area contributed by atoms with E-state index in [-0.39, 0.29) is 12.6 Å². The predicted molar refractivity (Wildman–Crippen MR) is 51.1 cm³/mol. The van der Waals surface area contributed by atoms with Gasteiger partial charge in [0.2, 0.25) is 0 Å². The molecular weight excluding hydrogens is 193 g/mol. The SMILES string of the molecule is CCC(CC)N(CCN)CC(F)(F)F. The number of halogens is 3. The minimum absolute atomic E-state index is 0.0137. The molecule has 0 bridgehead atoms. The van der Waals surface area contributed by atoms with Crippen molar-refractivity contribution < 1.29 is 13.2 Å². The van der Waals surface area contributed by atoms with Gasteiger partial charge in [-0.2, -0.15) is 13.2 Å². The lowest BCUT2D eigenvalue weighted by atomic mass is 10.1. The lowest BCUT2D eigenvalue weighted by Crippen LogP contribution is -2.43. The van der Waals surface area contributed by atoms with Crippen LogP contribution >= 0.6 is 0 Å².